The van der Waals surface area contributed by atoms with Crippen LogP contribution in [0.1, 0.15) is 11.1 Å². The van der Waals surface area contributed by atoms with E-state index < -0.39 is 0 Å². The van der Waals surface area contributed by atoms with Crippen LogP contribution in [-0.2, 0) is 12.8 Å². The second kappa shape index (κ2) is 5.10. The first-order valence-corrected chi connectivity index (χ1v) is 4.67. The van der Waals surface area contributed by atoms with Crippen molar-refractivity contribution in [2.75, 3.05) is 0 Å². The van der Waals surface area contributed by atoms with Crippen LogP contribution in [0.3, 0.4) is 0 Å². The largest absolute Gasteiger partial charge is 0.269 e. The first-order valence-electron chi connectivity index (χ1n) is 4.67. The van der Waals surface area contributed by atoms with E-state index in [9.17, 15) is 10.1 Å². The van der Waals surface area contributed by atoms with Gasteiger partial charge in [-0.1, -0.05) is 18.2 Å². The molecule has 78 valence electrons. The molecule has 0 unspecified atom stereocenters. The van der Waals surface area contributed by atoms with Crippen LogP contribution in [0.2, 0.25) is 0 Å². The summed E-state index contributed by atoms with van der Waals surface area (Å²) in [6.45, 7) is 7.29. The molecule has 0 aromatic heterocycles. The lowest BCUT2D eigenvalue weighted by atomic mass is 10.0. The van der Waals surface area contributed by atoms with E-state index in [1.807, 2.05) is 0 Å². The molecule has 0 aliphatic carbocycles. The van der Waals surface area contributed by atoms with Crippen molar-refractivity contribution in [2.24, 2.45) is 0 Å². The summed E-state index contributed by atoms with van der Waals surface area (Å²) in [5, 5.41) is 10.6. The van der Waals surface area contributed by atoms with Gasteiger partial charge < -0.3 is 0 Å². The van der Waals surface area contributed by atoms with E-state index >= 15 is 0 Å². The van der Waals surface area contributed by atoms with Crippen molar-refractivity contribution in [3.8, 4) is 0 Å². The molecule has 0 radical (unpaired) electrons. The summed E-state index contributed by atoms with van der Waals surface area (Å²) in [6.07, 6.45) is 4.89. The molecule has 0 amide bonds. The maximum atomic E-state index is 10.6. The zero-order chi connectivity index (χ0) is 11.3. The Hall–Kier alpha value is -1.90. The summed E-state index contributed by atoms with van der Waals surface area (Å²) in [4.78, 5) is 10.2. The lowest BCUT2D eigenvalue weighted by molar-refractivity contribution is -0.384. The zero-order valence-corrected chi connectivity index (χ0v) is 8.48. The van der Waals surface area contributed by atoms with Crippen LogP contribution >= 0.6 is 0 Å². The van der Waals surface area contributed by atoms with Crippen LogP contribution in [0.25, 0.3) is 0 Å². The topological polar surface area (TPSA) is 43.1 Å². The molecule has 15 heavy (non-hydrogen) atoms. The summed E-state index contributed by atoms with van der Waals surface area (Å²) >= 11 is 0. The highest BCUT2D eigenvalue weighted by Gasteiger charge is 2.08. The standard InChI is InChI=1S/C12H13NO2/c1-3-5-10-7-8-12(13(14)15)9-11(10)6-4-2/h3-4,7-9H,1-2,5-6H2. The second-order valence-corrected chi connectivity index (χ2v) is 3.20. The maximum absolute atomic E-state index is 10.6. The average molecular weight is 203 g/mol. The number of nitrogens with zero attached hydrogens (tertiary/aromatic N) is 1. The minimum Gasteiger partial charge on any atom is -0.258 e. The molecule has 0 saturated carbocycles. The fraction of sp³-hybridized carbons (Fsp3) is 0.167. The van der Waals surface area contributed by atoms with Crippen molar-refractivity contribution < 1.29 is 4.92 Å². The van der Waals surface area contributed by atoms with Crippen LogP contribution in [0.4, 0.5) is 5.69 Å². The van der Waals surface area contributed by atoms with E-state index in [1.165, 1.54) is 6.07 Å². The molecule has 0 spiro atoms. The Morgan fingerprint density at radius 2 is 1.80 bits per heavy atom. The van der Waals surface area contributed by atoms with Crippen molar-refractivity contribution in [2.45, 2.75) is 12.8 Å². The van der Waals surface area contributed by atoms with Crippen molar-refractivity contribution in [3.63, 3.8) is 0 Å². The summed E-state index contributed by atoms with van der Waals surface area (Å²) < 4.78 is 0. The first-order chi connectivity index (χ1) is 7.19. The van der Waals surface area contributed by atoms with Gasteiger partial charge in [0.15, 0.2) is 0 Å². The Kier molecular flexibility index (Phi) is 3.80. The smallest absolute Gasteiger partial charge is 0.258 e. The third kappa shape index (κ3) is 2.77. The predicted molar refractivity (Wildman–Crippen MR) is 60.9 cm³/mol. The molecule has 0 bridgehead atoms. The number of rotatable bonds is 5. The van der Waals surface area contributed by atoms with Crippen LogP contribution in [0, 0.1) is 10.1 Å². The molecular formula is C12H13NO2. The molecule has 0 heterocycles. The summed E-state index contributed by atoms with van der Waals surface area (Å²) in [5.41, 5.74) is 2.13. The Balaban J connectivity index is 3.13. The van der Waals surface area contributed by atoms with E-state index in [-0.39, 0.29) is 10.6 Å². The Labute approximate surface area is 88.9 Å². The lowest BCUT2D eigenvalue weighted by Gasteiger charge is -2.04. The van der Waals surface area contributed by atoms with Gasteiger partial charge in [-0.15, -0.1) is 13.2 Å². The third-order valence-corrected chi connectivity index (χ3v) is 2.13. The minimum absolute atomic E-state index is 0.125. The fourth-order valence-corrected chi connectivity index (χ4v) is 1.43. The number of non-ortho nitro benzene ring substituents is 1. The molecule has 0 N–H and O–H groups in total. The van der Waals surface area contributed by atoms with E-state index in [2.05, 4.69) is 13.2 Å². The van der Waals surface area contributed by atoms with Gasteiger partial charge in [-0.3, -0.25) is 10.1 Å². The number of benzene rings is 1. The summed E-state index contributed by atoms with van der Waals surface area (Å²) in [7, 11) is 0. The summed E-state index contributed by atoms with van der Waals surface area (Å²) in [5.74, 6) is 0. The first kappa shape index (κ1) is 11.2. The SMILES string of the molecule is C=CCc1ccc([N+](=O)[O-])cc1CC=C. The Bertz CT molecular complexity index is 397. The van der Waals surface area contributed by atoms with Gasteiger partial charge in [-0.05, 0) is 24.0 Å². The Morgan fingerprint density at radius 1 is 1.20 bits per heavy atom. The van der Waals surface area contributed by atoms with Gasteiger partial charge in [0.1, 0.15) is 0 Å². The molecule has 3 nitrogen and oxygen atoms in total. The van der Waals surface area contributed by atoms with Gasteiger partial charge in [0.2, 0.25) is 0 Å². The molecule has 0 fully saturated rings. The normalized spacial score (nSPS) is 9.60. The lowest BCUT2D eigenvalue weighted by Crippen LogP contribution is -1.95. The van der Waals surface area contributed by atoms with Gasteiger partial charge in [0.25, 0.3) is 5.69 Å². The van der Waals surface area contributed by atoms with E-state index in [1.54, 1.807) is 24.3 Å². The minimum atomic E-state index is -0.385. The Morgan fingerprint density at radius 3 is 2.33 bits per heavy atom. The van der Waals surface area contributed by atoms with E-state index in [0.717, 1.165) is 17.5 Å². The second-order valence-electron chi connectivity index (χ2n) is 3.20. The molecule has 0 aliphatic heterocycles. The molecule has 0 atom stereocenters. The predicted octanol–water partition coefficient (Wildman–Crippen LogP) is 3.05. The van der Waals surface area contributed by atoms with Crippen molar-refractivity contribution in [1.29, 1.82) is 0 Å². The number of hydrogen-bond donors (Lipinski definition) is 0. The number of nitro groups is 1. The summed E-state index contributed by atoms with van der Waals surface area (Å²) in [6, 6.07) is 4.89. The van der Waals surface area contributed by atoms with Crippen molar-refractivity contribution in [1.82, 2.24) is 0 Å². The van der Waals surface area contributed by atoms with Crippen LogP contribution in [-0.4, -0.2) is 4.92 Å². The van der Waals surface area contributed by atoms with Gasteiger partial charge in [0.05, 0.1) is 4.92 Å². The van der Waals surface area contributed by atoms with Gasteiger partial charge in [-0.25, -0.2) is 0 Å². The molecule has 0 saturated heterocycles. The van der Waals surface area contributed by atoms with Gasteiger partial charge >= 0.3 is 0 Å². The molecule has 1 rings (SSSR count). The van der Waals surface area contributed by atoms with Crippen LogP contribution in [0.15, 0.2) is 43.5 Å². The molecule has 1 aromatic carbocycles. The fourth-order valence-electron chi connectivity index (χ4n) is 1.43. The number of allylic oxidation sites excluding steroid dienone is 2. The van der Waals surface area contributed by atoms with Gasteiger partial charge in [-0.2, -0.15) is 0 Å². The van der Waals surface area contributed by atoms with Crippen molar-refractivity contribution >= 4 is 5.69 Å². The van der Waals surface area contributed by atoms with Crippen LogP contribution in [0.5, 0.6) is 0 Å². The molecular weight excluding hydrogens is 190 g/mol. The van der Waals surface area contributed by atoms with Crippen molar-refractivity contribution in [3.05, 3.63) is 64.8 Å². The molecule has 0 aliphatic rings. The monoisotopic (exact) mass is 203 g/mol. The molecule has 1 aromatic rings. The maximum Gasteiger partial charge on any atom is 0.269 e. The highest BCUT2D eigenvalue weighted by atomic mass is 16.6. The van der Waals surface area contributed by atoms with Gasteiger partial charge in [0, 0.05) is 12.1 Å². The van der Waals surface area contributed by atoms with Crippen LogP contribution < -0.4 is 0 Å². The number of hydrogen-bond acceptors (Lipinski definition) is 2. The highest BCUT2D eigenvalue weighted by Crippen LogP contribution is 2.19. The van der Waals surface area contributed by atoms with E-state index in [0.29, 0.717) is 6.42 Å². The number of nitro benzene ring substituents is 1. The third-order valence-electron chi connectivity index (χ3n) is 2.13. The zero-order valence-electron chi connectivity index (χ0n) is 8.48. The average Bonchev–Trinajstić information content (AvgIpc) is 2.21. The molecule has 3 heteroatoms. The quantitative estimate of drug-likeness (QED) is 0.419. The highest BCUT2D eigenvalue weighted by molar-refractivity contribution is 5.41. The van der Waals surface area contributed by atoms with E-state index in [4.69, 9.17) is 0 Å².